The van der Waals surface area contributed by atoms with Crippen molar-refractivity contribution in [2.45, 2.75) is 51.4 Å². The van der Waals surface area contributed by atoms with Gasteiger partial charge in [-0.05, 0) is 217 Å². The number of benzene rings is 12. The van der Waals surface area contributed by atoms with E-state index in [-0.39, 0.29) is 5.41 Å². The smallest absolute Gasteiger partial charge is 0.227 e. The number of anilines is 6. The van der Waals surface area contributed by atoms with E-state index in [4.69, 9.17) is 14.4 Å². The molecule has 12 aromatic carbocycles. The van der Waals surface area contributed by atoms with E-state index >= 15 is 0 Å². The zero-order valence-corrected chi connectivity index (χ0v) is 49.2. The Balaban J connectivity index is 0.887. The van der Waals surface area contributed by atoms with E-state index in [2.05, 4.69) is 256 Å². The summed E-state index contributed by atoms with van der Waals surface area (Å²) in [5, 5.41) is 0. The number of aromatic nitrogens is 1. The molecule has 0 N–H and O–H groups in total. The molecule has 16 rings (SSSR count). The van der Waals surface area contributed by atoms with Crippen LogP contribution in [0.4, 0.5) is 39.8 Å². The highest BCUT2D eigenvalue weighted by molar-refractivity contribution is 5.98. The Morgan fingerprint density at radius 1 is 0.379 bits per heavy atom. The lowest BCUT2D eigenvalue weighted by Gasteiger charge is -2.33. The van der Waals surface area contributed by atoms with E-state index in [1.807, 2.05) is 60.8 Å². The first-order chi connectivity index (χ1) is 42.8. The lowest BCUT2D eigenvalue weighted by atomic mass is 9.70. The zero-order valence-electron chi connectivity index (χ0n) is 49.2. The summed E-state index contributed by atoms with van der Waals surface area (Å²) in [6, 6.07) is 100. The number of rotatable bonds is 12. The van der Waals surface area contributed by atoms with Crippen LogP contribution in [-0.2, 0) is 23.7 Å². The van der Waals surface area contributed by atoms with Crippen molar-refractivity contribution in [3.63, 3.8) is 0 Å². The number of aryl methyl sites for hydroxylation is 2. The van der Waals surface area contributed by atoms with Gasteiger partial charge in [-0.1, -0.05) is 191 Å². The van der Waals surface area contributed by atoms with Crippen molar-refractivity contribution < 1.29 is 4.42 Å². The van der Waals surface area contributed by atoms with Crippen LogP contribution < -0.4 is 9.80 Å². The van der Waals surface area contributed by atoms with Crippen molar-refractivity contribution in [2.24, 2.45) is 4.99 Å². The van der Waals surface area contributed by atoms with Crippen LogP contribution in [-0.4, -0.2) is 11.2 Å². The number of para-hydroxylation sites is 3. The van der Waals surface area contributed by atoms with Gasteiger partial charge in [0.05, 0.1) is 11.1 Å². The van der Waals surface area contributed by atoms with Crippen LogP contribution in [0.3, 0.4) is 0 Å². The lowest BCUT2D eigenvalue weighted by molar-refractivity contribution is 0.620. The highest BCUT2D eigenvalue weighted by Gasteiger charge is 2.52. The molecule has 3 aliphatic rings. The monoisotopic (exact) mass is 1120 g/mol. The Hall–Kier alpha value is -10.6. The molecule has 87 heavy (non-hydrogen) atoms. The molecule has 1 spiro atoms. The maximum Gasteiger partial charge on any atom is 0.227 e. The summed E-state index contributed by atoms with van der Waals surface area (Å²) < 4.78 is 6.33. The van der Waals surface area contributed by atoms with E-state index in [9.17, 15) is 0 Å². The van der Waals surface area contributed by atoms with Gasteiger partial charge in [0.25, 0.3) is 0 Å². The second-order valence-electron chi connectivity index (χ2n) is 23.8. The van der Waals surface area contributed by atoms with Crippen molar-refractivity contribution in [3.05, 3.63) is 323 Å². The maximum absolute atomic E-state index is 6.33. The van der Waals surface area contributed by atoms with E-state index < -0.39 is 5.41 Å². The average Bonchev–Trinajstić information content (AvgIpc) is 1.53. The molecule has 0 amide bonds. The SMILES string of the molecule is CCc1ccccc1-c1ccc(N(c2ccc(-c3nc4ccccc4o3)cc2)c2ccc3c(c2)C2(c4ccccc4-c4ccccc42)c2cc(N(c4ccc(C=Nc5ccccc5)cc4)c4ccc5c(c4)C(C)(C)c4ccccc4-5)ccc2-3)cc1CC. The number of oxazole rings is 1. The number of hydrogen-bond donors (Lipinski definition) is 0. The van der Waals surface area contributed by atoms with E-state index in [0.29, 0.717) is 5.89 Å². The first-order valence-electron chi connectivity index (χ1n) is 30.5. The molecule has 0 aliphatic heterocycles. The van der Waals surface area contributed by atoms with Crippen LogP contribution in [0.25, 0.3) is 67.1 Å². The number of fused-ring (bicyclic) bond motifs is 14. The standard InChI is InChI=1S/C82H62N4O/c1-5-54-20-10-11-23-64(54)65-44-40-60(48-55(65)6-2)85(59-38-34-56(35-39-59)80-84-78-30-18-19-31-79(78)87-80)62-42-46-70-71-47-43-63(51-77(71)82(76(70)50-62)73-28-16-13-25-67(73)68-26-14-17-29-74(68)82)86(58-36-32-53(33-37-58)52-83-57-21-8-7-9-22-57)61-41-45-69-66-24-12-15-27-72(66)81(3,4)75(69)49-61/h7-52H,5-6H2,1-4H3. The summed E-state index contributed by atoms with van der Waals surface area (Å²) >= 11 is 0. The molecule has 0 fully saturated rings. The normalized spacial score (nSPS) is 13.5. The van der Waals surface area contributed by atoms with Crippen LogP contribution in [0.15, 0.2) is 282 Å². The largest absolute Gasteiger partial charge is 0.436 e. The first kappa shape index (κ1) is 52.0. The van der Waals surface area contributed by atoms with Gasteiger partial charge in [0, 0.05) is 51.3 Å². The van der Waals surface area contributed by atoms with Crippen LogP contribution in [0.2, 0.25) is 0 Å². The lowest BCUT2D eigenvalue weighted by Crippen LogP contribution is -2.26. The molecule has 1 heterocycles. The van der Waals surface area contributed by atoms with Gasteiger partial charge >= 0.3 is 0 Å². The second-order valence-corrected chi connectivity index (χ2v) is 23.8. The van der Waals surface area contributed by atoms with Gasteiger partial charge in [0.1, 0.15) is 5.52 Å². The molecular formula is C82H62N4O. The van der Waals surface area contributed by atoms with Gasteiger partial charge in [-0.2, -0.15) is 0 Å². The molecule has 0 saturated heterocycles. The van der Waals surface area contributed by atoms with Crippen LogP contribution in [0, 0.1) is 0 Å². The average molecular weight is 1120 g/mol. The fraction of sp³-hybridized carbons (Fsp3) is 0.0976. The van der Waals surface area contributed by atoms with Gasteiger partial charge in [-0.15, -0.1) is 0 Å². The highest BCUT2D eigenvalue weighted by atomic mass is 16.3. The molecule has 13 aromatic rings. The van der Waals surface area contributed by atoms with Gasteiger partial charge in [-0.25, -0.2) is 4.98 Å². The molecule has 0 unspecified atom stereocenters. The summed E-state index contributed by atoms with van der Waals surface area (Å²) in [7, 11) is 0. The predicted molar refractivity (Wildman–Crippen MR) is 361 cm³/mol. The second kappa shape index (κ2) is 20.6. The topological polar surface area (TPSA) is 44.9 Å². The van der Waals surface area contributed by atoms with Crippen molar-refractivity contribution in [2.75, 3.05) is 9.80 Å². The quantitative estimate of drug-likeness (QED) is 0.114. The predicted octanol–water partition coefficient (Wildman–Crippen LogP) is 21.6. The zero-order chi connectivity index (χ0) is 58.4. The van der Waals surface area contributed by atoms with E-state index in [1.54, 1.807) is 0 Å². The number of hydrogen-bond acceptors (Lipinski definition) is 5. The van der Waals surface area contributed by atoms with Gasteiger partial charge in [-0.3, -0.25) is 4.99 Å². The fourth-order valence-corrected chi connectivity index (χ4v) is 14.6. The third-order valence-corrected chi connectivity index (χ3v) is 18.8. The molecule has 416 valence electrons. The van der Waals surface area contributed by atoms with E-state index in [1.165, 1.54) is 89.0 Å². The minimum Gasteiger partial charge on any atom is -0.436 e. The highest BCUT2D eigenvalue weighted by Crippen LogP contribution is 2.64. The first-order valence-corrected chi connectivity index (χ1v) is 30.5. The third kappa shape index (κ3) is 8.28. The molecule has 0 atom stereocenters. The van der Waals surface area contributed by atoms with Crippen LogP contribution in [0.1, 0.15) is 77.8 Å². The molecular weight excluding hydrogens is 1060 g/mol. The Morgan fingerprint density at radius 2 is 0.816 bits per heavy atom. The van der Waals surface area contributed by atoms with Crippen LogP contribution >= 0.6 is 0 Å². The van der Waals surface area contributed by atoms with Gasteiger partial charge in [0.15, 0.2) is 5.58 Å². The van der Waals surface area contributed by atoms with E-state index in [0.717, 1.165) is 74.9 Å². The Morgan fingerprint density at radius 3 is 1.41 bits per heavy atom. The summed E-state index contributed by atoms with van der Waals surface area (Å²) in [5.41, 5.74) is 30.6. The molecule has 1 aromatic heterocycles. The Labute approximate surface area is 508 Å². The van der Waals surface area contributed by atoms with Crippen molar-refractivity contribution >= 4 is 57.1 Å². The summed E-state index contributed by atoms with van der Waals surface area (Å²) in [6.07, 6.45) is 3.80. The minimum absolute atomic E-state index is 0.188. The van der Waals surface area contributed by atoms with Gasteiger partial charge in [0.2, 0.25) is 5.89 Å². The summed E-state index contributed by atoms with van der Waals surface area (Å²) in [5.74, 6) is 0.603. The van der Waals surface area contributed by atoms with Crippen LogP contribution in [0.5, 0.6) is 0 Å². The van der Waals surface area contributed by atoms with Crippen molar-refractivity contribution in [1.29, 1.82) is 0 Å². The minimum atomic E-state index is -0.667. The number of aliphatic imine (C=N–C) groups is 1. The molecule has 0 saturated carbocycles. The maximum atomic E-state index is 6.33. The number of nitrogens with zero attached hydrogens (tertiary/aromatic N) is 4. The molecule has 5 nitrogen and oxygen atoms in total. The van der Waals surface area contributed by atoms with Gasteiger partial charge < -0.3 is 14.2 Å². The molecule has 5 heteroatoms. The van der Waals surface area contributed by atoms with Crippen molar-refractivity contribution in [3.8, 4) is 56.0 Å². The molecule has 3 aliphatic carbocycles. The van der Waals surface area contributed by atoms with Crippen molar-refractivity contribution in [1.82, 2.24) is 4.98 Å². The molecule has 0 bridgehead atoms. The summed E-state index contributed by atoms with van der Waals surface area (Å²) in [6.45, 7) is 9.26. The third-order valence-electron chi connectivity index (χ3n) is 18.8. The Bertz CT molecular complexity index is 4800. The molecule has 0 radical (unpaired) electrons. The fourth-order valence-electron chi connectivity index (χ4n) is 14.6. The summed E-state index contributed by atoms with van der Waals surface area (Å²) in [4.78, 5) is 14.6. The Kier molecular flexibility index (Phi) is 12.3.